The van der Waals surface area contributed by atoms with Crippen LogP contribution in [-0.4, -0.2) is 58.1 Å². The quantitative estimate of drug-likeness (QED) is 0.484. The van der Waals surface area contributed by atoms with Crippen LogP contribution in [0.4, 0.5) is 5.69 Å². The lowest BCUT2D eigenvalue weighted by atomic mass is 9.90. The van der Waals surface area contributed by atoms with E-state index in [0.717, 1.165) is 22.6 Å². The van der Waals surface area contributed by atoms with Crippen LogP contribution in [0.2, 0.25) is 0 Å². The minimum absolute atomic E-state index is 0.0484. The van der Waals surface area contributed by atoms with Crippen LogP contribution in [0, 0.1) is 0 Å². The molecule has 0 spiro atoms. The minimum Gasteiger partial charge on any atom is -0.496 e. The smallest absolute Gasteiger partial charge is 0.225 e. The molecule has 2 atom stereocenters. The molecule has 1 aliphatic heterocycles. The lowest BCUT2D eigenvalue weighted by Crippen LogP contribution is -2.43. The molecule has 7 nitrogen and oxygen atoms in total. The third-order valence-corrected chi connectivity index (χ3v) is 5.43. The third kappa shape index (κ3) is 5.10. The highest BCUT2D eigenvalue weighted by atomic mass is 16.5. The van der Waals surface area contributed by atoms with E-state index in [4.69, 9.17) is 4.74 Å². The number of nitrogens with zero attached hydrogens (tertiary/aromatic N) is 2. The van der Waals surface area contributed by atoms with Crippen molar-refractivity contribution in [2.75, 3.05) is 46.7 Å². The maximum absolute atomic E-state index is 12.1. The van der Waals surface area contributed by atoms with Gasteiger partial charge in [0.15, 0.2) is 5.96 Å². The molecular formula is C23H31N5O2. The second-order valence-electron chi connectivity index (χ2n) is 7.59. The Morgan fingerprint density at radius 3 is 2.67 bits per heavy atom. The van der Waals surface area contributed by atoms with Gasteiger partial charge in [-0.3, -0.25) is 9.79 Å². The number of rotatable bonds is 7. The first kappa shape index (κ1) is 21.6. The maximum atomic E-state index is 12.1. The van der Waals surface area contributed by atoms with Crippen molar-refractivity contribution >= 4 is 17.6 Å². The SMILES string of the molecule is CN=C(NCC1CC(=O)Nc2ccccc21)NCC(c1ccccc1OC)N(C)C. The molecule has 2 aromatic rings. The van der Waals surface area contributed by atoms with Gasteiger partial charge in [-0.1, -0.05) is 36.4 Å². The van der Waals surface area contributed by atoms with Crippen molar-refractivity contribution in [3.63, 3.8) is 0 Å². The lowest BCUT2D eigenvalue weighted by molar-refractivity contribution is -0.116. The van der Waals surface area contributed by atoms with Crippen molar-refractivity contribution in [2.45, 2.75) is 18.4 Å². The number of aliphatic imine (C=N–C) groups is 1. The number of para-hydroxylation sites is 2. The number of benzene rings is 2. The van der Waals surface area contributed by atoms with Crippen LogP contribution >= 0.6 is 0 Å². The van der Waals surface area contributed by atoms with E-state index in [1.165, 1.54) is 0 Å². The number of amides is 1. The van der Waals surface area contributed by atoms with E-state index in [0.29, 0.717) is 25.5 Å². The van der Waals surface area contributed by atoms with Crippen molar-refractivity contribution in [2.24, 2.45) is 4.99 Å². The molecule has 30 heavy (non-hydrogen) atoms. The Labute approximate surface area is 178 Å². The molecule has 0 fully saturated rings. The van der Waals surface area contributed by atoms with Crippen molar-refractivity contribution < 1.29 is 9.53 Å². The Kier molecular flexibility index (Phi) is 7.30. The summed E-state index contributed by atoms with van der Waals surface area (Å²) in [6.07, 6.45) is 0.461. The molecule has 0 aliphatic carbocycles. The predicted molar refractivity (Wildman–Crippen MR) is 121 cm³/mol. The average Bonchev–Trinajstić information content (AvgIpc) is 2.75. The van der Waals surface area contributed by atoms with Crippen molar-refractivity contribution in [1.29, 1.82) is 0 Å². The molecule has 0 bridgehead atoms. The predicted octanol–water partition coefficient (Wildman–Crippen LogP) is 2.59. The first-order chi connectivity index (χ1) is 14.5. The van der Waals surface area contributed by atoms with Crippen LogP contribution < -0.4 is 20.7 Å². The summed E-state index contributed by atoms with van der Waals surface area (Å²) in [6.45, 7) is 1.29. The molecule has 0 aromatic heterocycles. The first-order valence-electron chi connectivity index (χ1n) is 10.2. The summed E-state index contributed by atoms with van der Waals surface area (Å²) in [6, 6.07) is 16.1. The van der Waals surface area contributed by atoms with Crippen LogP contribution in [0.3, 0.4) is 0 Å². The zero-order chi connectivity index (χ0) is 21.5. The molecule has 7 heteroatoms. The number of hydrogen-bond donors (Lipinski definition) is 3. The second kappa shape index (κ2) is 10.1. The molecule has 3 rings (SSSR count). The van der Waals surface area contributed by atoms with Gasteiger partial charge in [0.2, 0.25) is 5.91 Å². The Bertz CT molecular complexity index is 897. The van der Waals surface area contributed by atoms with E-state index in [1.807, 2.05) is 50.5 Å². The number of anilines is 1. The van der Waals surface area contributed by atoms with E-state index in [-0.39, 0.29) is 17.9 Å². The molecule has 2 unspecified atom stereocenters. The zero-order valence-corrected chi connectivity index (χ0v) is 18.1. The van der Waals surface area contributed by atoms with Crippen LogP contribution in [0.15, 0.2) is 53.5 Å². The average molecular weight is 410 g/mol. The van der Waals surface area contributed by atoms with E-state index in [1.54, 1.807) is 14.2 Å². The Hall–Kier alpha value is -3.06. The number of hydrogen-bond acceptors (Lipinski definition) is 4. The summed E-state index contributed by atoms with van der Waals surface area (Å²) in [7, 11) is 7.54. The van der Waals surface area contributed by atoms with Gasteiger partial charge >= 0.3 is 0 Å². The maximum Gasteiger partial charge on any atom is 0.225 e. The number of fused-ring (bicyclic) bond motifs is 1. The molecule has 3 N–H and O–H groups in total. The highest BCUT2D eigenvalue weighted by Crippen LogP contribution is 2.31. The minimum atomic E-state index is 0.0484. The monoisotopic (exact) mass is 409 g/mol. The fourth-order valence-corrected chi connectivity index (χ4v) is 3.83. The number of carbonyl (C=O) groups excluding carboxylic acids is 1. The highest BCUT2D eigenvalue weighted by molar-refractivity contribution is 5.94. The van der Waals surface area contributed by atoms with Gasteiger partial charge in [0.05, 0.1) is 13.2 Å². The topological polar surface area (TPSA) is 78.0 Å². The van der Waals surface area contributed by atoms with Gasteiger partial charge in [0.25, 0.3) is 0 Å². The summed E-state index contributed by atoms with van der Waals surface area (Å²) in [4.78, 5) is 18.6. The number of carbonyl (C=O) groups is 1. The number of methoxy groups -OCH3 is 1. The van der Waals surface area contributed by atoms with Crippen LogP contribution in [-0.2, 0) is 4.79 Å². The molecule has 0 saturated heterocycles. The summed E-state index contributed by atoms with van der Waals surface area (Å²) < 4.78 is 5.54. The largest absolute Gasteiger partial charge is 0.496 e. The summed E-state index contributed by atoms with van der Waals surface area (Å²) in [5.74, 6) is 1.73. The van der Waals surface area contributed by atoms with Gasteiger partial charge in [0.1, 0.15) is 5.75 Å². The van der Waals surface area contributed by atoms with E-state index < -0.39 is 0 Å². The van der Waals surface area contributed by atoms with E-state index >= 15 is 0 Å². The van der Waals surface area contributed by atoms with E-state index in [2.05, 4.69) is 38.0 Å². The van der Waals surface area contributed by atoms with Gasteiger partial charge in [-0.05, 0) is 31.8 Å². The zero-order valence-electron chi connectivity index (χ0n) is 18.1. The number of likely N-dealkylation sites (N-methyl/N-ethyl adjacent to an activating group) is 1. The second-order valence-corrected chi connectivity index (χ2v) is 7.59. The van der Waals surface area contributed by atoms with E-state index in [9.17, 15) is 4.79 Å². The van der Waals surface area contributed by atoms with Crippen molar-refractivity contribution in [3.8, 4) is 5.75 Å². The fourth-order valence-electron chi connectivity index (χ4n) is 3.83. The summed E-state index contributed by atoms with van der Waals surface area (Å²) in [5.41, 5.74) is 3.17. The van der Waals surface area contributed by atoms with Gasteiger partial charge in [0, 0.05) is 43.7 Å². The normalized spacial score (nSPS) is 17.2. The molecule has 1 amide bonds. The Morgan fingerprint density at radius 1 is 1.20 bits per heavy atom. The van der Waals surface area contributed by atoms with Crippen molar-refractivity contribution in [1.82, 2.24) is 15.5 Å². The highest BCUT2D eigenvalue weighted by Gasteiger charge is 2.25. The lowest BCUT2D eigenvalue weighted by Gasteiger charge is -2.28. The van der Waals surface area contributed by atoms with Crippen molar-refractivity contribution in [3.05, 3.63) is 59.7 Å². The molecule has 0 saturated carbocycles. The Morgan fingerprint density at radius 2 is 1.93 bits per heavy atom. The van der Waals surface area contributed by atoms with Crippen LogP contribution in [0.1, 0.15) is 29.5 Å². The number of ether oxygens (including phenoxy) is 1. The summed E-state index contributed by atoms with van der Waals surface area (Å²) >= 11 is 0. The molecule has 2 aromatic carbocycles. The molecule has 0 radical (unpaired) electrons. The molecule has 1 heterocycles. The number of guanidine groups is 1. The summed E-state index contributed by atoms with van der Waals surface area (Å²) in [5, 5.41) is 9.74. The van der Waals surface area contributed by atoms with Gasteiger partial charge in [-0.2, -0.15) is 0 Å². The van der Waals surface area contributed by atoms with Crippen LogP contribution in [0.25, 0.3) is 0 Å². The fraction of sp³-hybridized carbons (Fsp3) is 0.391. The molecular weight excluding hydrogens is 378 g/mol. The standard InChI is InChI=1S/C23H31N5O2/c1-24-23(25-14-16-13-22(29)27-19-11-7-5-9-17(16)19)26-15-20(28(2)3)18-10-6-8-12-21(18)30-4/h5-12,16,20H,13-15H2,1-4H3,(H,27,29)(H2,24,25,26). The first-order valence-corrected chi connectivity index (χ1v) is 10.2. The van der Waals surface area contributed by atoms with Gasteiger partial charge in [-0.25, -0.2) is 0 Å². The third-order valence-electron chi connectivity index (χ3n) is 5.43. The molecule has 1 aliphatic rings. The molecule has 160 valence electrons. The Balaban J connectivity index is 1.64. The van der Waals surface area contributed by atoms with Gasteiger partial charge < -0.3 is 25.6 Å². The van der Waals surface area contributed by atoms with Gasteiger partial charge in [-0.15, -0.1) is 0 Å². The van der Waals surface area contributed by atoms with Crippen LogP contribution in [0.5, 0.6) is 5.75 Å². The number of nitrogens with one attached hydrogen (secondary N) is 3.